The Kier molecular flexibility index (Phi) is 5.98. The number of rotatable bonds is 7. The Morgan fingerprint density at radius 1 is 1.33 bits per heavy atom. The molecule has 1 heterocycles. The summed E-state index contributed by atoms with van der Waals surface area (Å²) in [4.78, 5) is 25.0. The van der Waals surface area contributed by atoms with Gasteiger partial charge >= 0.3 is 5.97 Å². The molecule has 0 spiro atoms. The molecule has 1 aromatic carbocycles. The summed E-state index contributed by atoms with van der Waals surface area (Å²) in [6.07, 6.45) is -0.0933. The van der Waals surface area contributed by atoms with Crippen LogP contribution in [0.2, 0.25) is 5.02 Å². The van der Waals surface area contributed by atoms with Crippen molar-refractivity contribution in [3.63, 3.8) is 0 Å². The summed E-state index contributed by atoms with van der Waals surface area (Å²) in [6.45, 7) is 4.59. The Hall–Kier alpha value is -2.34. The molecule has 128 valence electrons. The minimum Gasteiger partial charge on any atom is -0.481 e. The van der Waals surface area contributed by atoms with E-state index in [0.29, 0.717) is 23.0 Å². The Morgan fingerprint density at radius 2 is 2.04 bits per heavy atom. The first-order valence-electron chi connectivity index (χ1n) is 7.70. The maximum atomic E-state index is 12.7. The van der Waals surface area contributed by atoms with E-state index >= 15 is 0 Å². The van der Waals surface area contributed by atoms with Crippen LogP contribution in [0.1, 0.15) is 30.8 Å². The van der Waals surface area contributed by atoms with Gasteiger partial charge in [0.1, 0.15) is 5.69 Å². The highest BCUT2D eigenvalue weighted by Gasteiger charge is 2.20. The summed E-state index contributed by atoms with van der Waals surface area (Å²) >= 11 is 6.15. The molecule has 0 atom stereocenters. The highest BCUT2D eigenvalue weighted by molar-refractivity contribution is 6.33. The summed E-state index contributed by atoms with van der Waals surface area (Å²) in [5.41, 5.74) is 1.62. The predicted molar refractivity (Wildman–Crippen MR) is 92.0 cm³/mol. The van der Waals surface area contributed by atoms with E-state index in [1.54, 1.807) is 12.1 Å². The van der Waals surface area contributed by atoms with Gasteiger partial charge in [-0.25, -0.2) is 0 Å². The van der Waals surface area contributed by atoms with Crippen molar-refractivity contribution in [2.45, 2.75) is 20.3 Å². The van der Waals surface area contributed by atoms with E-state index < -0.39 is 5.97 Å². The number of nitrogens with zero attached hydrogens (tertiary/aromatic N) is 2. The number of nitrogens with one attached hydrogen (secondary N) is 1. The smallest absolute Gasteiger partial charge is 0.305 e. The fourth-order valence-corrected chi connectivity index (χ4v) is 2.59. The summed E-state index contributed by atoms with van der Waals surface area (Å²) in [6, 6.07) is 8.88. The van der Waals surface area contributed by atoms with Crippen LogP contribution in [0.3, 0.4) is 0 Å². The molecule has 24 heavy (non-hydrogen) atoms. The molecule has 0 aliphatic carbocycles. The van der Waals surface area contributed by atoms with Crippen LogP contribution in [0, 0.1) is 5.92 Å². The van der Waals surface area contributed by atoms with Crippen LogP contribution in [0.15, 0.2) is 30.3 Å². The van der Waals surface area contributed by atoms with Gasteiger partial charge < -0.3 is 10.0 Å². The second kappa shape index (κ2) is 7.97. The number of carbonyl (C=O) groups excluding carboxylic acids is 1. The van der Waals surface area contributed by atoms with Crippen LogP contribution in [-0.2, 0) is 4.79 Å². The average molecular weight is 350 g/mol. The normalized spacial score (nSPS) is 10.8. The van der Waals surface area contributed by atoms with Gasteiger partial charge in [0.15, 0.2) is 0 Å². The maximum Gasteiger partial charge on any atom is 0.305 e. The number of benzene rings is 1. The van der Waals surface area contributed by atoms with Gasteiger partial charge in [0.05, 0.1) is 17.1 Å². The molecular weight excluding hydrogens is 330 g/mol. The van der Waals surface area contributed by atoms with Gasteiger partial charge in [-0.3, -0.25) is 14.7 Å². The lowest BCUT2D eigenvalue weighted by Gasteiger charge is -2.23. The number of hydrogen-bond donors (Lipinski definition) is 2. The van der Waals surface area contributed by atoms with Gasteiger partial charge in [-0.05, 0) is 18.1 Å². The molecule has 0 aliphatic heterocycles. The van der Waals surface area contributed by atoms with Crippen molar-refractivity contribution in [2.75, 3.05) is 13.1 Å². The lowest BCUT2D eigenvalue weighted by Crippen LogP contribution is -2.36. The van der Waals surface area contributed by atoms with Crippen LogP contribution in [0.25, 0.3) is 11.3 Å². The van der Waals surface area contributed by atoms with E-state index in [4.69, 9.17) is 16.7 Å². The molecule has 0 saturated heterocycles. The van der Waals surface area contributed by atoms with Crippen molar-refractivity contribution in [1.29, 1.82) is 0 Å². The number of H-pyrrole nitrogens is 1. The van der Waals surface area contributed by atoms with E-state index in [9.17, 15) is 9.59 Å². The first-order chi connectivity index (χ1) is 11.4. The molecular formula is C17H20ClN3O3. The maximum absolute atomic E-state index is 12.7. The number of carboxylic acid groups (broad SMARTS) is 1. The van der Waals surface area contributed by atoms with Crippen LogP contribution < -0.4 is 0 Å². The lowest BCUT2D eigenvalue weighted by atomic mass is 10.1. The first-order valence-corrected chi connectivity index (χ1v) is 8.07. The van der Waals surface area contributed by atoms with E-state index in [1.165, 1.54) is 4.90 Å². The Balaban J connectivity index is 2.21. The second-order valence-corrected chi connectivity index (χ2v) is 6.34. The van der Waals surface area contributed by atoms with Gasteiger partial charge in [0, 0.05) is 18.7 Å². The van der Waals surface area contributed by atoms with Gasteiger partial charge in [0.25, 0.3) is 5.91 Å². The van der Waals surface area contributed by atoms with Crippen molar-refractivity contribution < 1.29 is 14.7 Å². The Labute approximate surface area is 145 Å². The fraction of sp³-hybridized carbons (Fsp3) is 0.353. The zero-order chi connectivity index (χ0) is 17.7. The molecule has 0 fully saturated rings. The number of aromatic amines is 1. The zero-order valence-corrected chi connectivity index (χ0v) is 14.4. The monoisotopic (exact) mass is 349 g/mol. The molecule has 0 unspecified atom stereocenters. The molecule has 1 aromatic heterocycles. The highest BCUT2D eigenvalue weighted by atomic mass is 35.5. The molecule has 2 rings (SSSR count). The van der Waals surface area contributed by atoms with Crippen molar-refractivity contribution in [1.82, 2.24) is 15.1 Å². The summed E-state index contributed by atoms with van der Waals surface area (Å²) < 4.78 is 0. The van der Waals surface area contributed by atoms with Crippen molar-refractivity contribution in [3.05, 3.63) is 41.0 Å². The molecule has 2 N–H and O–H groups in total. The molecule has 6 nitrogen and oxygen atoms in total. The number of carboxylic acids is 1. The molecule has 2 aromatic rings. The van der Waals surface area contributed by atoms with Crippen LogP contribution >= 0.6 is 11.6 Å². The third-order valence-electron chi connectivity index (χ3n) is 3.43. The van der Waals surface area contributed by atoms with Crippen LogP contribution in [0.4, 0.5) is 0 Å². The minimum atomic E-state index is -0.932. The van der Waals surface area contributed by atoms with Crippen LogP contribution in [-0.4, -0.2) is 45.2 Å². The molecule has 0 aliphatic rings. The number of aromatic nitrogens is 2. The second-order valence-electron chi connectivity index (χ2n) is 5.94. The fourth-order valence-electron chi connectivity index (χ4n) is 2.36. The topological polar surface area (TPSA) is 86.3 Å². The minimum absolute atomic E-state index is 0.0933. The molecule has 1 amide bonds. The Morgan fingerprint density at radius 3 is 2.67 bits per heavy atom. The van der Waals surface area contributed by atoms with Crippen LogP contribution in [0.5, 0.6) is 0 Å². The summed E-state index contributed by atoms with van der Waals surface area (Å²) in [5, 5.41) is 16.3. The largest absolute Gasteiger partial charge is 0.481 e. The highest BCUT2D eigenvalue weighted by Crippen LogP contribution is 2.26. The molecule has 0 radical (unpaired) electrons. The van der Waals surface area contributed by atoms with E-state index in [-0.39, 0.29) is 24.8 Å². The zero-order valence-electron chi connectivity index (χ0n) is 13.6. The predicted octanol–water partition coefficient (Wildman–Crippen LogP) is 3.30. The summed E-state index contributed by atoms with van der Waals surface area (Å²) in [7, 11) is 0. The average Bonchev–Trinajstić information content (AvgIpc) is 3.00. The quantitative estimate of drug-likeness (QED) is 0.803. The number of carbonyl (C=O) groups is 2. The molecule has 7 heteroatoms. The van der Waals surface area contributed by atoms with Crippen molar-refractivity contribution in [2.24, 2.45) is 5.92 Å². The molecule has 0 bridgehead atoms. The lowest BCUT2D eigenvalue weighted by molar-refractivity contribution is -0.137. The Bertz CT molecular complexity index is 727. The van der Waals surface area contributed by atoms with Crippen molar-refractivity contribution in [3.8, 4) is 11.3 Å². The SMILES string of the molecule is CC(C)CN(CCC(=O)O)C(=O)c1cc(-c2ccccc2Cl)n[nH]1. The van der Waals surface area contributed by atoms with Gasteiger partial charge in [-0.2, -0.15) is 5.10 Å². The number of amides is 1. The van der Waals surface area contributed by atoms with Crippen molar-refractivity contribution >= 4 is 23.5 Å². The van der Waals surface area contributed by atoms with Gasteiger partial charge in [0.2, 0.25) is 0 Å². The van der Waals surface area contributed by atoms with Gasteiger partial charge in [-0.1, -0.05) is 43.6 Å². The summed E-state index contributed by atoms with van der Waals surface area (Å²) in [5.74, 6) is -0.970. The number of aliphatic carboxylic acids is 1. The third-order valence-corrected chi connectivity index (χ3v) is 3.76. The number of halogens is 1. The van der Waals surface area contributed by atoms with E-state index in [1.807, 2.05) is 32.0 Å². The first kappa shape index (κ1) is 18.0. The van der Waals surface area contributed by atoms with Gasteiger partial charge in [-0.15, -0.1) is 0 Å². The standard InChI is InChI=1S/C17H20ClN3O3/c1-11(2)10-21(8-7-16(22)23)17(24)15-9-14(19-20-15)12-5-3-4-6-13(12)18/h3-6,9,11H,7-8,10H2,1-2H3,(H,19,20)(H,22,23). The third kappa shape index (κ3) is 4.58. The van der Waals surface area contributed by atoms with E-state index in [2.05, 4.69) is 10.2 Å². The number of hydrogen-bond acceptors (Lipinski definition) is 3. The molecule has 0 saturated carbocycles. The van der Waals surface area contributed by atoms with E-state index in [0.717, 1.165) is 5.56 Å².